The van der Waals surface area contributed by atoms with Crippen molar-refractivity contribution in [1.82, 2.24) is 9.80 Å². The minimum absolute atomic E-state index is 0.142. The summed E-state index contributed by atoms with van der Waals surface area (Å²) in [6, 6.07) is 21.3. The Morgan fingerprint density at radius 2 is 1.67 bits per heavy atom. The number of carbonyl (C=O) groups is 1. The van der Waals surface area contributed by atoms with E-state index in [9.17, 15) is 4.79 Å². The average molecular weight is 405 g/mol. The van der Waals surface area contributed by atoms with E-state index in [-0.39, 0.29) is 11.5 Å². The highest BCUT2D eigenvalue weighted by Crippen LogP contribution is 2.66. The van der Waals surface area contributed by atoms with Crippen molar-refractivity contribution in [3.8, 4) is 0 Å². The van der Waals surface area contributed by atoms with Crippen molar-refractivity contribution < 1.29 is 9.53 Å². The van der Waals surface area contributed by atoms with E-state index in [2.05, 4.69) is 66.4 Å². The van der Waals surface area contributed by atoms with Gasteiger partial charge in [-0.2, -0.15) is 0 Å². The molecule has 1 amide bonds. The van der Waals surface area contributed by atoms with Crippen LogP contribution in [0.25, 0.3) is 0 Å². The van der Waals surface area contributed by atoms with Crippen LogP contribution in [0.2, 0.25) is 0 Å². The predicted octanol–water partition coefficient (Wildman–Crippen LogP) is 5.46. The highest BCUT2D eigenvalue weighted by atomic mass is 16.6. The normalized spacial score (nSPS) is 27.3. The third kappa shape index (κ3) is 3.04. The Morgan fingerprint density at radius 1 is 1.03 bits per heavy atom. The molecule has 2 heterocycles. The molecule has 5 rings (SSSR count). The Labute approximate surface area is 179 Å². The van der Waals surface area contributed by atoms with E-state index in [1.165, 1.54) is 16.7 Å². The highest BCUT2D eigenvalue weighted by Gasteiger charge is 2.67. The number of amides is 1. The van der Waals surface area contributed by atoms with Crippen molar-refractivity contribution in [2.75, 3.05) is 13.1 Å². The first-order valence-electron chi connectivity index (χ1n) is 11.2. The van der Waals surface area contributed by atoms with Crippen LogP contribution < -0.4 is 0 Å². The maximum absolute atomic E-state index is 12.6. The Balaban J connectivity index is 1.40. The number of fused-ring (bicyclic) bond motifs is 5. The lowest BCUT2D eigenvalue weighted by Crippen LogP contribution is -2.49. The van der Waals surface area contributed by atoms with E-state index in [0.717, 1.165) is 25.9 Å². The molecule has 30 heavy (non-hydrogen) atoms. The number of rotatable bonds is 2. The summed E-state index contributed by atoms with van der Waals surface area (Å²) >= 11 is 0. The number of carbonyl (C=O) groups excluding carboxylic acids is 1. The van der Waals surface area contributed by atoms with Gasteiger partial charge in [0.15, 0.2) is 0 Å². The molecule has 0 N–H and O–H groups in total. The highest BCUT2D eigenvalue weighted by molar-refractivity contribution is 5.68. The van der Waals surface area contributed by atoms with Crippen LogP contribution in [-0.2, 0) is 10.2 Å². The maximum atomic E-state index is 12.6. The van der Waals surface area contributed by atoms with Gasteiger partial charge in [-0.25, -0.2) is 4.79 Å². The van der Waals surface area contributed by atoms with Gasteiger partial charge in [0.2, 0.25) is 0 Å². The zero-order valence-electron chi connectivity index (χ0n) is 18.5. The second-order valence-electron chi connectivity index (χ2n) is 10.1. The van der Waals surface area contributed by atoms with Crippen molar-refractivity contribution >= 4 is 6.09 Å². The van der Waals surface area contributed by atoms with Gasteiger partial charge in [0, 0.05) is 30.6 Å². The van der Waals surface area contributed by atoms with E-state index in [1.54, 1.807) is 0 Å². The zero-order chi connectivity index (χ0) is 21.1. The summed E-state index contributed by atoms with van der Waals surface area (Å²) in [6.07, 6.45) is 1.83. The van der Waals surface area contributed by atoms with Gasteiger partial charge in [0.1, 0.15) is 5.60 Å². The number of likely N-dealkylation sites (tertiary alicyclic amines) is 1. The summed E-state index contributed by atoms with van der Waals surface area (Å²) in [4.78, 5) is 17.2. The molecule has 0 bridgehead atoms. The number of benzene rings is 2. The third-order valence-corrected chi connectivity index (χ3v) is 7.27. The van der Waals surface area contributed by atoms with Crippen LogP contribution in [0.1, 0.15) is 69.3 Å². The molecule has 1 unspecified atom stereocenters. The quantitative estimate of drug-likeness (QED) is 0.624. The average Bonchev–Trinajstić information content (AvgIpc) is 3.43. The molecule has 2 aromatic carbocycles. The molecule has 158 valence electrons. The molecule has 3 aliphatic rings. The van der Waals surface area contributed by atoms with E-state index in [0.29, 0.717) is 18.1 Å². The predicted molar refractivity (Wildman–Crippen MR) is 118 cm³/mol. The van der Waals surface area contributed by atoms with Crippen LogP contribution in [0.3, 0.4) is 0 Å². The van der Waals surface area contributed by atoms with Crippen LogP contribution in [-0.4, -0.2) is 40.6 Å². The van der Waals surface area contributed by atoms with Gasteiger partial charge in [-0.1, -0.05) is 54.6 Å². The molecule has 0 aromatic heterocycles. The van der Waals surface area contributed by atoms with Crippen molar-refractivity contribution in [2.45, 2.75) is 69.7 Å². The fraction of sp³-hybridized carbons (Fsp3) is 0.500. The lowest BCUT2D eigenvalue weighted by Gasteiger charge is -2.42. The summed E-state index contributed by atoms with van der Waals surface area (Å²) in [5.74, 6) is 0. The SMILES string of the molecule is C[C@@H](c1ccccc1)N1[C@@H]2c3ccccc3C3(CCN(C(=O)OC(C)(C)C)CC3)[C@@H]21. The molecule has 0 saturated carbocycles. The number of piperidine rings is 1. The van der Waals surface area contributed by atoms with E-state index >= 15 is 0 Å². The molecule has 1 spiro atoms. The smallest absolute Gasteiger partial charge is 0.410 e. The van der Waals surface area contributed by atoms with Crippen molar-refractivity contribution in [3.63, 3.8) is 0 Å². The minimum atomic E-state index is -0.449. The second-order valence-corrected chi connectivity index (χ2v) is 10.1. The van der Waals surface area contributed by atoms with Crippen molar-refractivity contribution in [1.29, 1.82) is 0 Å². The fourth-order valence-electron chi connectivity index (χ4n) is 5.90. The molecule has 1 aliphatic carbocycles. The fourth-order valence-corrected chi connectivity index (χ4v) is 5.90. The first kappa shape index (κ1) is 19.6. The van der Waals surface area contributed by atoms with Gasteiger partial charge in [0.25, 0.3) is 0 Å². The van der Waals surface area contributed by atoms with Gasteiger partial charge in [0.05, 0.1) is 6.04 Å². The van der Waals surface area contributed by atoms with Crippen LogP contribution in [0, 0.1) is 0 Å². The molecule has 2 aliphatic heterocycles. The molecular formula is C26H32N2O2. The summed E-state index contributed by atoms with van der Waals surface area (Å²) in [5, 5.41) is 0. The first-order chi connectivity index (χ1) is 14.3. The van der Waals surface area contributed by atoms with Crippen molar-refractivity contribution in [3.05, 3.63) is 71.3 Å². The van der Waals surface area contributed by atoms with Crippen LogP contribution in [0.4, 0.5) is 4.79 Å². The third-order valence-electron chi connectivity index (χ3n) is 7.27. The number of ether oxygens (including phenoxy) is 1. The van der Waals surface area contributed by atoms with Gasteiger partial charge in [-0.05, 0) is 57.2 Å². The first-order valence-corrected chi connectivity index (χ1v) is 11.2. The number of nitrogens with zero attached hydrogens (tertiary/aromatic N) is 2. The topological polar surface area (TPSA) is 32.5 Å². The van der Waals surface area contributed by atoms with Gasteiger partial charge in [-0.3, -0.25) is 4.90 Å². The van der Waals surface area contributed by atoms with E-state index in [4.69, 9.17) is 4.74 Å². The molecule has 2 aromatic rings. The Kier molecular flexibility index (Phi) is 4.48. The maximum Gasteiger partial charge on any atom is 0.410 e. The molecular weight excluding hydrogens is 372 g/mol. The Bertz CT molecular complexity index is 941. The van der Waals surface area contributed by atoms with Crippen molar-refractivity contribution in [2.24, 2.45) is 0 Å². The largest absolute Gasteiger partial charge is 0.444 e. The minimum Gasteiger partial charge on any atom is -0.444 e. The Hall–Kier alpha value is -2.33. The summed E-state index contributed by atoms with van der Waals surface area (Å²) in [5.41, 5.74) is 4.08. The molecule has 4 atom stereocenters. The zero-order valence-corrected chi connectivity index (χ0v) is 18.5. The van der Waals surface area contributed by atoms with Gasteiger partial charge in [-0.15, -0.1) is 0 Å². The van der Waals surface area contributed by atoms with E-state index < -0.39 is 5.60 Å². The van der Waals surface area contributed by atoms with E-state index in [1.807, 2.05) is 25.7 Å². The monoisotopic (exact) mass is 404 g/mol. The molecule has 2 fully saturated rings. The number of hydrogen-bond donors (Lipinski definition) is 0. The summed E-state index contributed by atoms with van der Waals surface area (Å²) in [6.45, 7) is 9.66. The van der Waals surface area contributed by atoms with Crippen LogP contribution >= 0.6 is 0 Å². The standard InChI is InChI=1S/C26H32N2O2/c1-18(19-10-6-5-7-11-19)28-22-20-12-8-9-13-21(20)26(23(22)28)14-16-27(17-15-26)24(29)30-25(2,3)4/h5-13,18,22-23H,14-17H2,1-4H3/t18-,22+,23+,28?/m0/s1. The lowest BCUT2D eigenvalue weighted by molar-refractivity contribution is 0.0155. The molecule has 2 saturated heterocycles. The molecule has 4 nitrogen and oxygen atoms in total. The van der Waals surface area contributed by atoms with Crippen LogP contribution in [0.5, 0.6) is 0 Å². The van der Waals surface area contributed by atoms with Gasteiger partial charge < -0.3 is 9.64 Å². The molecule has 4 heteroatoms. The second kappa shape index (κ2) is 6.84. The van der Waals surface area contributed by atoms with Gasteiger partial charge >= 0.3 is 6.09 Å². The molecule has 0 radical (unpaired) electrons. The number of hydrogen-bond acceptors (Lipinski definition) is 3. The summed E-state index contributed by atoms with van der Waals surface area (Å²) < 4.78 is 5.63. The van der Waals surface area contributed by atoms with Crippen LogP contribution in [0.15, 0.2) is 54.6 Å². The Morgan fingerprint density at radius 3 is 2.33 bits per heavy atom. The summed E-state index contributed by atoms with van der Waals surface area (Å²) in [7, 11) is 0. The lowest BCUT2D eigenvalue weighted by atomic mass is 9.72.